The minimum atomic E-state index is -3.35. The average molecular weight is 221 g/mol. The molecule has 0 aliphatic heterocycles. The highest BCUT2D eigenvalue weighted by Gasteiger charge is 2.24. The van der Waals surface area contributed by atoms with E-state index in [1.807, 2.05) is 0 Å². The Bertz CT molecular complexity index is 359. The number of ether oxygens (including phenoxy) is 1. The van der Waals surface area contributed by atoms with Crippen LogP contribution in [0, 0.1) is 0 Å². The topological polar surface area (TPSA) is 59.4 Å². The second-order valence-electron chi connectivity index (χ2n) is 2.46. The summed E-state index contributed by atoms with van der Waals surface area (Å²) < 4.78 is 40.1. The second kappa shape index (κ2) is 4.63. The number of nitrogens with zero attached hydrogens (tertiary/aromatic N) is 1. The molecule has 0 aliphatic rings. The van der Waals surface area contributed by atoms with Crippen LogP contribution >= 0.6 is 0 Å². The molecule has 1 aromatic rings. The van der Waals surface area contributed by atoms with E-state index in [9.17, 15) is 18.0 Å². The molecule has 1 atom stereocenters. The van der Waals surface area contributed by atoms with E-state index in [-0.39, 0.29) is 0 Å². The van der Waals surface area contributed by atoms with Gasteiger partial charge in [0, 0.05) is 6.20 Å². The third kappa shape index (κ3) is 2.83. The Morgan fingerprint density at radius 3 is 2.67 bits per heavy atom. The van der Waals surface area contributed by atoms with Gasteiger partial charge in [-0.05, 0) is 12.1 Å². The summed E-state index contributed by atoms with van der Waals surface area (Å²) >= 11 is 0. The van der Waals surface area contributed by atoms with Crippen molar-refractivity contribution in [3.8, 4) is 5.88 Å². The Morgan fingerprint density at radius 2 is 2.13 bits per heavy atom. The Hall–Kier alpha value is -1.79. The Morgan fingerprint density at radius 1 is 1.47 bits per heavy atom. The van der Waals surface area contributed by atoms with E-state index >= 15 is 0 Å². The number of carboxylic acids is 1. The Balaban J connectivity index is 2.89. The van der Waals surface area contributed by atoms with Gasteiger partial charge >= 0.3 is 12.4 Å². The number of pyridine rings is 1. The van der Waals surface area contributed by atoms with E-state index < -0.39 is 30.2 Å². The first kappa shape index (κ1) is 11.3. The van der Waals surface area contributed by atoms with Crippen LogP contribution in [0.25, 0.3) is 0 Å². The summed E-state index contributed by atoms with van der Waals surface area (Å²) in [6.07, 6.45) is -5.13. The van der Waals surface area contributed by atoms with Crippen molar-refractivity contribution in [2.24, 2.45) is 0 Å². The summed E-state index contributed by atoms with van der Waals surface area (Å²) in [7, 11) is 0. The number of carboxylic acid groups (broad SMARTS) is 1. The molecule has 0 fully saturated rings. The number of aromatic nitrogens is 1. The first-order valence-electron chi connectivity index (χ1n) is 3.79. The molecule has 0 spiro atoms. The average Bonchev–Trinajstić information content (AvgIpc) is 2.18. The molecule has 1 unspecified atom stereocenters. The van der Waals surface area contributed by atoms with Gasteiger partial charge in [-0.25, -0.2) is 18.6 Å². The summed E-state index contributed by atoms with van der Waals surface area (Å²) in [5, 5.41) is 8.59. The van der Waals surface area contributed by atoms with Crippen molar-refractivity contribution < 1.29 is 27.8 Å². The van der Waals surface area contributed by atoms with E-state index in [1.54, 1.807) is 0 Å². The molecule has 0 saturated heterocycles. The standard InChI is InChI=1S/C8H6F3NO3/c9-5(10)6(11)15-7-4(8(13)14)2-1-3-12-7/h1-3,5-6H,(H,13,14). The Labute approximate surface area is 82.3 Å². The van der Waals surface area contributed by atoms with Crippen LogP contribution in [0.15, 0.2) is 18.3 Å². The van der Waals surface area contributed by atoms with Gasteiger partial charge in [-0.2, -0.15) is 4.39 Å². The quantitative estimate of drug-likeness (QED) is 0.840. The maximum atomic E-state index is 12.4. The van der Waals surface area contributed by atoms with E-state index in [1.165, 1.54) is 6.07 Å². The maximum absolute atomic E-state index is 12.4. The fourth-order valence-corrected chi connectivity index (χ4v) is 0.806. The van der Waals surface area contributed by atoms with Crippen LogP contribution in [0.1, 0.15) is 10.4 Å². The number of rotatable bonds is 4. The van der Waals surface area contributed by atoms with Crippen LogP contribution in [0.3, 0.4) is 0 Å². The number of hydrogen-bond acceptors (Lipinski definition) is 3. The first-order valence-corrected chi connectivity index (χ1v) is 3.79. The summed E-state index contributed by atoms with van der Waals surface area (Å²) in [6.45, 7) is 0. The predicted molar refractivity (Wildman–Crippen MR) is 42.7 cm³/mol. The zero-order valence-corrected chi connectivity index (χ0v) is 7.23. The SMILES string of the molecule is O=C(O)c1cccnc1OC(F)C(F)F. The van der Waals surface area contributed by atoms with E-state index in [0.717, 1.165) is 12.3 Å². The lowest BCUT2D eigenvalue weighted by Crippen LogP contribution is -2.21. The highest BCUT2D eigenvalue weighted by Crippen LogP contribution is 2.18. The smallest absolute Gasteiger partial charge is 0.341 e. The van der Waals surface area contributed by atoms with Gasteiger partial charge in [0.1, 0.15) is 5.56 Å². The third-order valence-corrected chi connectivity index (χ3v) is 1.42. The monoisotopic (exact) mass is 221 g/mol. The van der Waals surface area contributed by atoms with Crippen LogP contribution < -0.4 is 4.74 Å². The Kier molecular flexibility index (Phi) is 3.48. The normalized spacial score (nSPS) is 12.5. The molecule has 0 aromatic carbocycles. The largest absolute Gasteiger partial charge is 0.477 e. The summed E-state index contributed by atoms with van der Waals surface area (Å²) in [6, 6.07) is 2.34. The number of hydrogen-bond donors (Lipinski definition) is 1. The lowest BCUT2D eigenvalue weighted by atomic mass is 10.3. The zero-order chi connectivity index (χ0) is 11.4. The van der Waals surface area contributed by atoms with Crippen LogP contribution in [-0.2, 0) is 0 Å². The molecule has 82 valence electrons. The maximum Gasteiger partial charge on any atom is 0.341 e. The van der Waals surface area contributed by atoms with Crippen molar-refractivity contribution in [1.82, 2.24) is 4.98 Å². The first-order chi connectivity index (χ1) is 7.02. The molecular weight excluding hydrogens is 215 g/mol. The van der Waals surface area contributed by atoms with Gasteiger partial charge in [0.05, 0.1) is 0 Å². The van der Waals surface area contributed by atoms with Gasteiger partial charge in [-0.3, -0.25) is 0 Å². The number of aromatic carboxylic acids is 1. The van der Waals surface area contributed by atoms with E-state index in [4.69, 9.17) is 5.11 Å². The molecule has 4 nitrogen and oxygen atoms in total. The summed E-state index contributed by atoms with van der Waals surface area (Å²) in [5.41, 5.74) is -0.471. The molecular formula is C8H6F3NO3. The van der Waals surface area contributed by atoms with Gasteiger partial charge in [0.15, 0.2) is 0 Å². The molecule has 1 aromatic heterocycles. The fourth-order valence-electron chi connectivity index (χ4n) is 0.806. The molecule has 15 heavy (non-hydrogen) atoms. The number of carbonyl (C=O) groups is 1. The van der Waals surface area contributed by atoms with Gasteiger partial charge in [-0.15, -0.1) is 0 Å². The summed E-state index contributed by atoms with van der Waals surface area (Å²) in [5.74, 6) is -2.10. The minimum Gasteiger partial charge on any atom is -0.477 e. The van der Waals surface area contributed by atoms with Crippen LogP contribution in [-0.4, -0.2) is 28.8 Å². The molecule has 0 amide bonds. The molecule has 7 heteroatoms. The lowest BCUT2D eigenvalue weighted by Gasteiger charge is -2.10. The van der Waals surface area contributed by atoms with E-state index in [2.05, 4.69) is 9.72 Å². The van der Waals surface area contributed by atoms with Crippen molar-refractivity contribution in [1.29, 1.82) is 0 Å². The van der Waals surface area contributed by atoms with Gasteiger partial charge in [-0.1, -0.05) is 0 Å². The van der Waals surface area contributed by atoms with Crippen molar-refractivity contribution in [2.45, 2.75) is 12.8 Å². The highest BCUT2D eigenvalue weighted by molar-refractivity contribution is 5.90. The molecule has 1 rings (SSSR count). The molecule has 1 N–H and O–H groups in total. The van der Waals surface area contributed by atoms with Crippen LogP contribution in [0.2, 0.25) is 0 Å². The van der Waals surface area contributed by atoms with Crippen LogP contribution in [0.4, 0.5) is 13.2 Å². The molecule has 0 aliphatic carbocycles. The third-order valence-electron chi connectivity index (χ3n) is 1.42. The number of halogens is 3. The van der Waals surface area contributed by atoms with Crippen molar-refractivity contribution in [2.75, 3.05) is 0 Å². The van der Waals surface area contributed by atoms with Gasteiger partial charge in [0.25, 0.3) is 6.36 Å². The minimum absolute atomic E-state index is 0.471. The molecule has 0 bridgehead atoms. The highest BCUT2D eigenvalue weighted by atomic mass is 19.3. The molecule has 0 radical (unpaired) electrons. The van der Waals surface area contributed by atoms with Crippen molar-refractivity contribution >= 4 is 5.97 Å². The second-order valence-corrected chi connectivity index (χ2v) is 2.46. The van der Waals surface area contributed by atoms with Gasteiger partial charge in [0.2, 0.25) is 5.88 Å². The van der Waals surface area contributed by atoms with Gasteiger partial charge < -0.3 is 9.84 Å². The van der Waals surface area contributed by atoms with Crippen molar-refractivity contribution in [3.05, 3.63) is 23.9 Å². The van der Waals surface area contributed by atoms with Crippen LogP contribution in [0.5, 0.6) is 5.88 Å². The number of alkyl halides is 3. The lowest BCUT2D eigenvalue weighted by molar-refractivity contribution is -0.0694. The van der Waals surface area contributed by atoms with E-state index in [0.29, 0.717) is 0 Å². The van der Waals surface area contributed by atoms with Crippen molar-refractivity contribution in [3.63, 3.8) is 0 Å². The summed E-state index contributed by atoms with van der Waals surface area (Å²) in [4.78, 5) is 13.9. The predicted octanol–water partition coefficient (Wildman–Crippen LogP) is 1.72. The molecule has 1 heterocycles. The fraction of sp³-hybridized carbons (Fsp3) is 0.250. The zero-order valence-electron chi connectivity index (χ0n) is 7.23. The molecule has 0 saturated carbocycles.